The lowest BCUT2D eigenvalue weighted by atomic mass is 9.76. The lowest BCUT2D eigenvalue weighted by molar-refractivity contribution is 0.0308. The molecule has 0 unspecified atom stereocenters. The van der Waals surface area contributed by atoms with Crippen molar-refractivity contribution in [3.05, 3.63) is 0 Å². The average molecular weight is 295 g/mol. The fourth-order valence-electron chi connectivity index (χ4n) is 2.94. The highest BCUT2D eigenvalue weighted by atomic mass is 35.7. The molecular formula is C13H23ClO3S. The van der Waals surface area contributed by atoms with Crippen molar-refractivity contribution in [2.75, 3.05) is 19.0 Å². The monoisotopic (exact) mass is 294 g/mol. The molecule has 0 aromatic rings. The first-order chi connectivity index (χ1) is 8.49. The van der Waals surface area contributed by atoms with Gasteiger partial charge in [-0.15, -0.1) is 0 Å². The van der Waals surface area contributed by atoms with E-state index in [0.29, 0.717) is 6.61 Å². The first-order valence-corrected chi connectivity index (χ1v) is 9.47. The third-order valence-electron chi connectivity index (χ3n) is 4.17. The molecule has 2 rings (SSSR count). The maximum atomic E-state index is 11.4. The van der Waals surface area contributed by atoms with E-state index in [0.717, 1.165) is 44.6 Å². The molecule has 0 spiro atoms. The second kappa shape index (κ2) is 6.10. The largest absolute Gasteiger partial charge is 0.381 e. The first kappa shape index (κ1) is 14.6. The molecule has 0 N–H and O–H groups in total. The van der Waals surface area contributed by atoms with Crippen molar-refractivity contribution >= 4 is 19.7 Å². The van der Waals surface area contributed by atoms with Gasteiger partial charge in [0.2, 0.25) is 9.05 Å². The summed E-state index contributed by atoms with van der Waals surface area (Å²) in [5.74, 6) is 0.939. The lowest BCUT2D eigenvalue weighted by Crippen LogP contribution is -2.35. The Morgan fingerprint density at radius 2 is 1.83 bits per heavy atom. The van der Waals surface area contributed by atoms with Gasteiger partial charge in [0.05, 0.1) is 12.4 Å². The molecule has 0 aliphatic heterocycles. The normalized spacial score (nSPS) is 24.1. The van der Waals surface area contributed by atoms with Crippen molar-refractivity contribution in [1.82, 2.24) is 0 Å². The van der Waals surface area contributed by atoms with Gasteiger partial charge in [0.15, 0.2) is 0 Å². The van der Waals surface area contributed by atoms with Crippen LogP contribution < -0.4 is 0 Å². The zero-order chi connectivity index (χ0) is 13.1. The SMILES string of the molecule is O=S(=O)(Cl)CC1(COCCC2CC2)CCCCC1. The molecule has 0 atom stereocenters. The fourth-order valence-corrected chi connectivity index (χ4v) is 4.74. The summed E-state index contributed by atoms with van der Waals surface area (Å²) in [6.07, 6.45) is 9.06. The van der Waals surface area contributed by atoms with Gasteiger partial charge in [-0.1, -0.05) is 32.1 Å². The van der Waals surface area contributed by atoms with Crippen LogP contribution in [0.5, 0.6) is 0 Å². The molecule has 0 bridgehead atoms. The molecule has 2 aliphatic rings. The van der Waals surface area contributed by atoms with Crippen LogP contribution in [0.1, 0.15) is 51.4 Å². The van der Waals surface area contributed by atoms with Crippen LogP contribution in [0.4, 0.5) is 0 Å². The topological polar surface area (TPSA) is 43.4 Å². The van der Waals surface area contributed by atoms with Crippen molar-refractivity contribution in [2.45, 2.75) is 51.4 Å². The van der Waals surface area contributed by atoms with Crippen molar-refractivity contribution in [3.63, 3.8) is 0 Å². The molecule has 0 heterocycles. The minimum atomic E-state index is -3.43. The van der Waals surface area contributed by atoms with Crippen molar-refractivity contribution < 1.29 is 13.2 Å². The van der Waals surface area contributed by atoms with Gasteiger partial charge < -0.3 is 4.74 Å². The highest BCUT2D eigenvalue weighted by Gasteiger charge is 2.36. The zero-order valence-corrected chi connectivity index (χ0v) is 12.4. The third kappa shape index (κ3) is 5.06. The van der Waals surface area contributed by atoms with Gasteiger partial charge in [0.1, 0.15) is 0 Å². The summed E-state index contributed by atoms with van der Waals surface area (Å²) in [5.41, 5.74) is -0.220. The number of hydrogen-bond acceptors (Lipinski definition) is 3. The maximum Gasteiger partial charge on any atom is 0.233 e. The Bertz CT molecular complexity index is 356. The van der Waals surface area contributed by atoms with E-state index in [2.05, 4.69) is 0 Å². The summed E-state index contributed by atoms with van der Waals surface area (Å²) in [4.78, 5) is 0. The number of hydrogen-bond donors (Lipinski definition) is 0. The zero-order valence-electron chi connectivity index (χ0n) is 10.9. The maximum absolute atomic E-state index is 11.4. The second-order valence-corrected chi connectivity index (χ2v) is 8.81. The molecular weight excluding hydrogens is 272 g/mol. The molecule has 18 heavy (non-hydrogen) atoms. The Balaban J connectivity index is 1.82. The van der Waals surface area contributed by atoms with E-state index in [1.54, 1.807) is 0 Å². The standard InChI is InChI=1S/C13H23ClO3S/c14-18(15,16)11-13(7-2-1-3-8-13)10-17-9-6-12-4-5-12/h12H,1-11H2. The van der Waals surface area contributed by atoms with Gasteiger partial charge in [0.25, 0.3) is 0 Å². The molecule has 106 valence electrons. The molecule has 5 heteroatoms. The Morgan fingerprint density at radius 3 is 2.39 bits per heavy atom. The Labute approximate surface area is 115 Å². The average Bonchev–Trinajstić information content (AvgIpc) is 3.07. The van der Waals surface area contributed by atoms with Crippen molar-refractivity contribution in [3.8, 4) is 0 Å². The Hall–Kier alpha value is 0.200. The van der Waals surface area contributed by atoms with Crippen molar-refractivity contribution in [2.24, 2.45) is 11.3 Å². The molecule has 0 saturated heterocycles. The molecule has 0 aromatic carbocycles. The van der Waals surface area contributed by atoms with Gasteiger partial charge in [-0.05, 0) is 25.2 Å². The van der Waals surface area contributed by atoms with Gasteiger partial charge >= 0.3 is 0 Å². The second-order valence-electron chi connectivity index (χ2n) is 6.03. The number of rotatable bonds is 7. The summed E-state index contributed by atoms with van der Waals surface area (Å²) < 4.78 is 28.5. The lowest BCUT2D eigenvalue weighted by Gasteiger charge is -2.36. The molecule has 0 amide bonds. The van der Waals surface area contributed by atoms with E-state index < -0.39 is 9.05 Å². The van der Waals surface area contributed by atoms with Crippen LogP contribution in [0.25, 0.3) is 0 Å². The number of halogens is 1. The highest BCUT2D eigenvalue weighted by Crippen LogP contribution is 2.39. The van der Waals surface area contributed by atoms with Crippen LogP contribution in [-0.4, -0.2) is 27.4 Å². The molecule has 0 aromatic heterocycles. The summed E-state index contributed by atoms with van der Waals surface area (Å²) in [6.45, 7) is 1.33. The van der Waals surface area contributed by atoms with E-state index in [1.165, 1.54) is 19.3 Å². The summed E-state index contributed by atoms with van der Waals surface area (Å²) in [6, 6.07) is 0. The summed E-state index contributed by atoms with van der Waals surface area (Å²) >= 11 is 0. The van der Waals surface area contributed by atoms with E-state index in [-0.39, 0.29) is 11.2 Å². The Kier molecular flexibility index (Phi) is 4.95. The van der Waals surface area contributed by atoms with Crippen LogP contribution in [0.2, 0.25) is 0 Å². The number of ether oxygens (including phenoxy) is 1. The van der Waals surface area contributed by atoms with Crippen LogP contribution in [-0.2, 0) is 13.8 Å². The summed E-state index contributed by atoms with van der Waals surface area (Å²) in [5, 5.41) is 0. The minimum absolute atomic E-state index is 0.0744. The van der Waals surface area contributed by atoms with E-state index >= 15 is 0 Å². The van der Waals surface area contributed by atoms with Gasteiger partial charge in [-0.3, -0.25) is 0 Å². The van der Waals surface area contributed by atoms with Crippen LogP contribution in [0.3, 0.4) is 0 Å². The molecule has 2 aliphatic carbocycles. The molecule has 2 fully saturated rings. The van der Waals surface area contributed by atoms with E-state index in [9.17, 15) is 8.42 Å². The quantitative estimate of drug-likeness (QED) is 0.534. The van der Waals surface area contributed by atoms with Crippen LogP contribution in [0, 0.1) is 11.3 Å². The van der Waals surface area contributed by atoms with Gasteiger partial charge in [-0.2, -0.15) is 0 Å². The first-order valence-electron chi connectivity index (χ1n) is 6.99. The Morgan fingerprint density at radius 1 is 1.17 bits per heavy atom. The van der Waals surface area contributed by atoms with Gasteiger partial charge in [-0.25, -0.2) is 8.42 Å². The minimum Gasteiger partial charge on any atom is -0.381 e. The predicted octanol–water partition coefficient (Wildman–Crippen LogP) is 3.32. The highest BCUT2D eigenvalue weighted by molar-refractivity contribution is 8.13. The van der Waals surface area contributed by atoms with Crippen LogP contribution >= 0.6 is 10.7 Å². The van der Waals surface area contributed by atoms with Crippen molar-refractivity contribution in [1.29, 1.82) is 0 Å². The molecule has 0 radical (unpaired) electrons. The van der Waals surface area contributed by atoms with E-state index in [4.69, 9.17) is 15.4 Å². The smallest absolute Gasteiger partial charge is 0.233 e. The van der Waals surface area contributed by atoms with Gasteiger partial charge in [0, 0.05) is 22.7 Å². The van der Waals surface area contributed by atoms with Crippen LogP contribution in [0.15, 0.2) is 0 Å². The molecule has 3 nitrogen and oxygen atoms in total. The van der Waals surface area contributed by atoms with E-state index in [1.807, 2.05) is 0 Å². The predicted molar refractivity (Wildman–Crippen MR) is 73.3 cm³/mol. The molecule has 2 saturated carbocycles. The summed E-state index contributed by atoms with van der Waals surface area (Å²) in [7, 11) is 2.01. The third-order valence-corrected chi connectivity index (χ3v) is 5.45. The fraction of sp³-hybridized carbons (Fsp3) is 1.00.